The highest BCUT2D eigenvalue weighted by atomic mass is 19.4. The molecule has 0 bridgehead atoms. The van der Waals surface area contributed by atoms with Crippen molar-refractivity contribution in [3.05, 3.63) is 29.8 Å². The molecule has 2 rings (SSSR count). The quantitative estimate of drug-likeness (QED) is 0.818. The number of carbonyl (C=O) groups excluding carboxylic acids is 1. The fourth-order valence-corrected chi connectivity index (χ4v) is 2.89. The smallest absolute Gasteiger partial charge is 0.394 e. The largest absolute Gasteiger partial charge is 0.418 e. The van der Waals surface area contributed by atoms with Gasteiger partial charge in [0.15, 0.2) is 0 Å². The molecule has 1 fully saturated rings. The minimum atomic E-state index is -4.52. The summed E-state index contributed by atoms with van der Waals surface area (Å²) in [5.74, 6) is -0.466. The van der Waals surface area contributed by atoms with Gasteiger partial charge in [0, 0.05) is 13.1 Å². The maximum absolute atomic E-state index is 13.0. The van der Waals surface area contributed by atoms with Crippen LogP contribution in [0.15, 0.2) is 24.3 Å². The van der Waals surface area contributed by atoms with Gasteiger partial charge in [0.1, 0.15) is 0 Å². The standard InChI is InChI=1S/C17H23F3N2O3/c1-12(22-8-6-13(7-9-22)25-11-10-23)16(24)21-15-5-3-2-4-14(15)17(18,19)20/h2-5,12-13,23H,6-11H2,1H3,(H,21,24). The molecule has 25 heavy (non-hydrogen) atoms. The highest BCUT2D eigenvalue weighted by Crippen LogP contribution is 2.34. The Morgan fingerprint density at radius 2 is 2.00 bits per heavy atom. The van der Waals surface area contributed by atoms with E-state index in [-0.39, 0.29) is 25.0 Å². The van der Waals surface area contributed by atoms with E-state index in [4.69, 9.17) is 9.84 Å². The first-order chi connectivity index (χ1) is 11.8. The Balaban J connectivity index is 1.94. The van der Waals surface area contributed by atoms with Crippen molar-refractivity contribution in [3.8, 4) is 0 Å². The van der Waals surface area contributed by atoms with Crippen molar-refractivity contribution < 1.29 is 27.8 Å². The highest BCUT2D eigenvalue weighted by Gasteiger charge is 2.34. The second-order valence-electron chi connectivity index (χ2n) is 6.04. The number of rotatable bonds is 6. The molecule has 1 heterocycles. The van der Waals surface area contributed by atoms with E-state index in [2.05, 4.69) is 5.32 Å². The number of para-hydroxylation sites is 1. The van der Waals surface area contributed by atoms with Crippen molar-refractivity contribution in [2.24, 2.45) is 0 Å². The number of nitrogens with zero attached hydrogens (tertiary/aromatic N) is 1. The molecule has 1 unspecified atom stereocenters. The van der Waals surface area contributed by atoms with Gasteiger partial charge in [0.2, 0.25) is 5.91 Å². The van der Waals surface area contributed by atoms with Gasteiger partial charge >= 0.3 is 6.18 Å². The second-order valence-corrected chi connectivity index (χ2v) is 6.04. The fraction of sp³-hybridized carbons (Fsp3) is 0.588. The van der Waals surface area contributed by atoms with Crippen LogP contribution in [0.4, 0.5) is 18.9 Å². The first kappa shape index (κ1) is 19.7. The zero-order chi connectivity index (χ0) is 18.4. The molecule has 1 saturated heterocycles. The Bertz CT molecular complexity index is 573. The van der Waals surface area contributed by atoms with Crippen molar-refractivity contribution in [3.63, 3.8) is 0 Å². The highest BCUT2D eigenvalue weighted by molar-refractivity contribution is 5.95. The van der Waals surface area contributed by atoms with E-state index in [9.17, 15) is 18.0 Å². The molecular weight excluding hydrogens is 337 g/mol. The minimum absolute atomic E-state index is 0.0301. The van der Waals surface area contributed by atoms with Crippen LogP contribution in [0.1, 0.15) is 25.3 Å². The first-order valence-corrected chi connectivity index (χ1v) is 8.26. The van der Waals surface area contributed by atoms with E-state index < -0.39 is 23.7 Å². The minimum Gasteiger partial charge on any atom is -0.394 e. The molecule has 1 amide bonds. The van der Waals surface area contributed by atoms with Crippen molar-refractivity contribution in [1.82, 2.24) is 4.90 Å². The SMILES string of the molecule is CC(C(=O)Nc1ccccc1C(F)(F)F)N1CCC(OCCO)CC1. The number of alkyl halides is 3. The lowest BCUT2D eigenvalue weighted by Crippen LogP contribution is -2.47. The molecule has 0 spiro atoms. The number of likely N-dealkylation sites (tertiary alicyclic amines) is 1. The monoisotopic (exact) mass is 360 g/mol. The molecule has 140 valence electrons. The number of amides is 1. The zero-order valence-corrected chi connectivity index (χ0v) is 14.1. The summed E-state index contributed by atoms with van der Waals surface area (Å²) in [6, 6.07) is 4.41. The van der Waals surface area contributed by atoms with E-state index in [1.54, 1.807) is 6.92 Å². The van der Waals surface area contributed by atoms with Crippen molar-refractivity contribution in [1.29, 1.82) is 0 Å². The van der Waals surface area contributed by atoms with Gasteiger partial charge < -0.3 is 15.2 Å². The molecule has 1 aromatic carbocycles. The Labute approximate surface area is 144 Å². The first-order valence-electron chi connectivity index (χ1n) is 8.26. The number of hydrogen-bond donors (Lipinski definition) is 2. The van der Waals surface area contributed by atoms with Crippen LogP contribution in [0, 0.1) is 0 Å². The number of piperidine rings is 1. The number of halogens is 3. The lowest BCUT2D eigenvalue weighted by atomic mass is 10.1. The summed E-state index contributed by atoms with van der Waals surface area (Å²) < 4.78 is 44.5. The fourth-order valence-electron chi connectivity index (χ4n) is 2.89. The lowest BCUT2D eigenvalue weighted by Gasteiger charge is -2.35. The number of ether oxygens (including phenoxy) is 1. The van der Waals surface area contributed by atoms with E-state index in [0.717, 1.165) is 18.9 Å². The van der Waals surface area contributed by atoms with Gasteiger partial charge in [-0.1, -0.05) is 12.1 Å². The molecule has 2 N–H and O–H groups in total. The van der Waals surface area contributed by atoms with Crippen LogP contribution in [-0.2, 0) is 15.7 Å². The van der Waals surface area contributed by atoms with Crippen molar-refractivity contribution in [2.45, 2.75) is 38.1 Å². The summed E-state index contributed by atoms with van der Waals surface area (Å²) in [5.41, 5.74) is -1.08. The van der Waals surface area contributed by atoms with Crippen LogP contribution < -0.4 is 5.32 Å². The van der Waals surface area contributed by atoms with E-state index >= 15 is 0 Å². The summed E-state index contributed by atoms with van der Waals surface area (Å²) >= 11 is 0. The van der Waals surface area contributed by atoms with Crippen LogP contribution in [0.3, 0.4) is 0 Å². The number of benzene rings is 1. The molecule has 1 atom stereocenters. The Hall–Kier alpha value is -1.64. The van der Waals surface area contributed by atoms with Gasteiger partial charge in [-0.05, 0) is 31.9 Å². The third-order valence-corrected chi connectivity index (χ3v) is 4.34. The van der Waals surface area contributed by atoms with Gasteiger partial charge in [-0.2, -0.15) is 13.2 Å². The number of nitrogens with one attached hydrogen (secondary N) is 1. The molecule has 1 aliphatic rings. The molecular formula is C17H23F3N2O3. The third kappa shape index (κ3) is 5.42. The van der Waals surface area contributed by atoms with E-state index in [1.165, 1.54) is 18.2 Å². The predicted octanol–water partition coefficient (Wildman–Crippen LogP) is 2.51. The molecule has 0 aromatic heterocycles. The summed E-state index contributed by atoms with van der Waals surface area (Å²) in [4.78, 5) is 14.3. The Kier molecular flexibility index (Phi) is 6.80. The van der Waals surface area contributed by atoms with Crippen LogP contribution in [0.2, 0.25) is 0 Å². The van der Waals surface area contributed by atoms with Gasteiger partial charge in [-0.15, -0.1) is 0 Å². The van der Waals surface area contributed by atoms with Gasteiger partial charge in [-0.25, -0.2) is 0 Å². The van der Waals surface area contributed by atoms with Crippen LogP contribution in [0.5, 0.6) is 0 Å². The maximum Gasteiger partial charge on any atom is 0.418 e. The zero-order valence-electron chi connectivity index (χ0n) is 14.1. The third-order valence-electron chi connectivity index (χ3n) is 4.34. The summed E-state index contributed by atoms with van der Waals surface area (Å²) in [7, 11) is 0. The molecule has 1 aromatic rings. The van der Waals surface area contributed by atoms with Gasteiger partial charge in [0.25, 0.3) is 0 Å². The summed E-state index contributed by atoms with van der Waals surface area (Å²) in [5, 5.41) is 11.2. The molecule has 0 saturated carbocycles. The predicted molar refractivity (Wildman–Crippen MR) is 87.2 cm³/mol. The average Bonchev–Trinajstić information content (AvgIpc) is 2.59. The molecule has 5 nitrogen and oxygen atoms in total. The van der Waals surface area contributed by atoms with Crippen molar-refractivity contribution in [2.75, 3.05) is 31.6 Å². The Morgan fingerprint density at radius 3 is 2.60 bits per heavy atom. The number of hydrogen-bond acceptors (Lipinski definition) is 4. The molecule has 1 aliphatic heterocycles. The Morgan fingerprint density at radius 1 is 1.36 bits per heavy atom. The molecule has 0 aliphatic carbocycles. The lowest BCUT2D eigenvalue weighted by molar-refractivity contribution is -0.137. The number of carbonyl (C=O) groups is 1. The van der Waals surface area contributed by atoms with Gasteiger partial charge in [-0.3, -0.25) is 9.69 Å². The van der Waals surface area contributed by atoms with Crippen molar-refractivity contribution >= 4 is 11.6 Å². The molecule has 0 radical (unpaired) electrons. The van der Waals surface area contributed by atoms with Crippen LogP contribution in [-0.4, -0.2) is 54.4 Å². The average molecular weight is 360 g/mol. The summed E-state index contributed by atoms with van der Waals surface area (Å²) in [6.07, 6.45) is -3.03. The molecule has 8 heteroatoms. The topological polar surface area (TPSA) is 61.8 Å². The maximum atomic E-state index is 13.0. The number of aliphatic hydroxyl groups excluding tert-OH is 1. The normalized spacial score (nSPS) is 18.1. The van der Waals surface area contributed by atoms with Gasteiger partial charge in [0.05, 0.1) is 36.6 Å². The second kappa shape index (κ2) is 8.64. The van der Waals surface area contributed by atoms with Crippen LogP contribution >= 0.6 is 0 Å². The van der Waals surface area contributed by atoms with Crippen LogP contribution in [0.25, 0.3) is 0 Å². The van der Waals surface area contributed by atoms with E-state index in [1.807, 2.05) is 4.90 Å². The number of aliphatic hydroxyl groups is 1. The summed E-state index contributed by atoms with van der Waals surface area (Å²) in [6.45, 7) is 3.17. The number of anilines is 1. The van der Waals surface area contributed by atoms with E-state index in [0.29, 0.717) is 13.1 Å².